The van der Waals surface area contributed by atoms with E-state index in [0.717, 1.165) is 6.42 Å². The van der Waals surface area contributed by atoms with Crippen LogP contribution in [0.5, 0.6) is 0 Å². The van der Waals surface area contributed by atoms with E-state index in [2.05, 4.69) is 50.5 Å². The predicted molar refractivity (Wildman–Crippen MR) is 78.0 cm³/mol. The molecule has 0 aromatic carbocycles. The summed E-state index contributed by atoms with van der Waals surface area (Å²) in [7, 11) is 0. The molecule has 0 saturated carbocycles. The first-order chi connectivity index (χ1) is 8.32. The average Bonchev–Trinajstić information content (AvgIpc) is 2.64. The van der Waals surface area contributed by atoms with E-state index in [0.29, 0.717) is 6.61 Å². The largest absolute Gasteiger partial charge is 0.346 e. The van der Waals surface area contributed by atoms with E-state index in [-0.39, 0.29) is 16.3 Å². The third-order valence-electron chi connectivity index (χ3n) is 4.21. The summed E-state index contributed by atoms with van der Waals surface area (Å²) in [6, 6.07) is 0. The first kappa shape index (κ1) is 14.5. The van der Waals surface area contributed by atoms with E-state index in [1.807, 2.05) is 0 Å². The Morgan fingerprint density at radius 2 is 2.06 bits per heavy atom. The van der Waals surface area contributed by atoms with Crippen LogP contribution in [-0.2, 0) is 9.47 Å². The van der Waals surface area contributed by atoms with Crippen LogP contribution in [0.3, 0.4) is 0 Å². The Morgan fingerprint density at radius 1 is 1.39 bits per heavy atom. The van der Waals surface area contributed by atoms with Crippen LogP contribution in [0.25, 0.3) is 0 Å². The highest BCUT2D eigenvalue weighted by Crippen LogP contribution is 2.52. The van der Waals surface area contributed by atoms with Crippen molar-refractivity contribution >= 4 is 15.9 Å². The van der Waals surface area contributed by atoms with E-state index < -0.39 is 5.79 Å². The molecule has 3 atom stereocenters. The molecule has 0 aromatic heterocycles. The van der Waals surface area contributed by atoms with Gasteiger partial charge in [0.2, 0.25) is 0 Å². The van der Waals surface area contributed by atoms with Crippen molar-refractivity contribution in [1.29, 1.82) is 0 Å². The van der Waals surface area contributed by atoms with Crippen molar-refractivity contribution in [2.75, 3.05) is 6.61 Å². The second-order valence-corrected chi connectivity index (χ2v) is 7.30. The normalized spacial score (nSPS) is 39.7. The molecule has 1 aliphatic heterocycles. The average molecular weight is 317 g/mol. The van der Waals surface area contributed by atoms with Gasteiger partial charge >= 0.3 is 0 Å². The first-order valence-electron chi connectivity index (χ1n) is 6.98. The van der Waals surface area contributed by atoms with E-state index in [9.17, 15) is 0 Å². The van der Waals surface area contributed by atoms with Crippen LogP contribution >= 0.6 is 15.9 Å². The Balaban J connectivity index is 2.37. The van der Waals surface area contributed by atoms with Gasteiger partial charge in [-0.05, 0) is 25.7 Å². The number of hydrogen-bond acceptors (Lipinski definition) is 2. The van der Waals surface area contributed by atoms with Crippen molar-refractivity contribution < 1.29 is 9.47 Å². The van der Waals surface area contributed by atoms with E-state index >= 15 is 0 Å². The lowest BCUT2D eigenvalue weighted by Crippen LogP contribution is -2.49. The third-order valence-corrected chi connectivity index (χ3v) is 5.59. The lowest BCUT2D eigenvalue weighted by Gasteiger charge is -2.46. The van der Waals surface area contributed by atoms with Crippen LogP contribution in [0, 0.1) is 5.41 Å². The molecule has 2 nitrogen and oxygen atoms in total. The van der Waals surface area contributed by atoms with Gasteiger partial charge in [0.05, 0.1) is 17.5 Å². The zero-order valence-electron chi connectivity index (χ0n) is 12.2. The van der Waals surface area contributed by atoms with Crippen LogP contribution in [0.4, 0.5) is 0 Å². The Hall–Kier alpha value is 0.140. The van der Waals surface area contributed by atoms with Crippen LogP contribution in [0.2, 0.25) is 0 Å². The molecule has 1 heterocycles. The third kappa shape index (κ3) is 2.30. The van der Waals surface area contributed by atoms with Crippen molar-refractivity contribution in [3.63, 3.8) is 0 Å². The van der Waals surface area contributed by atoms with Gasteiger partial charge in [0.1, 0.15) is 0 Å². The van der Waals surface area contributed by atoms with E-state index in [1.165, 1.54) is 18.4 Å². The number of hydrogen-bond donors (Lipinski definition) is 0. The summed E-state index contributed by atoms with van der Waals surface area (Å²) in [5.41, 5.74) is 3.14. The smallest absolute Gasteiger partial charge is 0.185 e. The van der Waals surface area contributed by atoms with Crippen LogP contribution in [0.15, 0.2) is 11.1 Å². The molecule has 0 N–H and O–H groups in total. The number of allylic oxidation sites excluding steroid dienone is 1. The zero-order chi connectivity index (χ0) is 13.6. The summed E-state index contributed by atoms with van der Waals surface area (Å²) in [4.78, 5) is 0.185. The minimum absolute atomic E-state index is 0.161. The molecular formula is C15H25BrO2. The van der Waals surface area contributed by atoms with Gasteiger partial charge in [0.25, 0.3) is 0 Å². The van der Waals surface area contributed by atoms with Crippen molar-refractivity contribution in [3.8, 4) is 0 Å². The zero-order valence-corrected chi connectivity index (χ0v) is 13.8. The lowest BCUT2D eigenvalue weighted by atomic mass is 9.68. The highest BCUT2D eigenvalue weighted by Gasteiger charge is 2.53. The van der Waals surface area contributed by atoms with E-state index in [1.54, 1.807) is 5.57 Å². The maximum atomic E-state index is 6.13. The number of alkyl halides is 1. The Kier molecular flexibility index (Phi) is 3.97. The summed E-state index contributed by atoms with van der Waals surface area (Å²) in [6.45, 7) is 11.9. The van der Waals surface area contributed by atoms with Gasteiger partial charge in [-0.25, -0.2) is 0 Å². The summed E-state index contributed by atoms with van der Waals surface area (Å²) >= 11 is 3.82. The standard InChI is InChI=1S/C15H25BrO2/c1-6-7-12-11(3)13(16)15(9-14(12,4)5)17-8-10(2)18-15/h10,13H,6-9H2,1-5H3. The first-order valence-corrected chi connectivity index (χ1v) is 7.90. The SMILES string of the molecule is CCCC1=C(C)C(Br)C2(CC1(C)C)OCC(C)O2. The quantitative estimate of drug-likeness (QED) is 0.554. The molecule has 0 bridgehead atoms. The molecule has 1 fully saturated rings. The Bertz CT molecular complexity index is 362. The van der Waals surface area contributed by atoms with Crippen LogP contribution in [0.1, 0.15) is 53.9 Å². The van der Waals surface area contributed by atoms with E-state index in [4.69, 9.17) is 9.47 Å². The molecule has 1 saturated heterocycles. The minimum atomic E-state index is -0.454. The van der Waals surface area contributed by atoms with Crippen molar-refractivity contribution in [2.24, 2.45) is 5.41 Å². The molecule has 1 aliphatic carbocycles. The number of ether oxygens (including phenoxy) is 2. The summed E-state index contributed by atoms with van der Waals surface area (Å²) < 4.78 is 12.2. The molecule has 3 unspecified atom stereocenters. The maximum absolute atomic E-state index is 6.13. The maximum Gasteiger partial charge on any atom is 0.185 e. The van der Waals surface area contributed by atoms with Crippen molar-refractivity contribution in [3.05, 3.63) is 11.1 Å². The minimum Gasteiger partial charge on any atom is -0.346 e. The fraction of sp³-hybridized carbons (Fsp3) is 0.867. The van der Waals surface area contributed by atoms with Gasteiger partial charge in [0, 0.05) is 6.42 Å². The highest BCUT2D eigenvalue weighted by atomic mass is 79.9. The number of halogens is 1. The Labute approximate surface area is 119 Å². The fourth-order valence-electron chi connectivity index (χ4n) is 3.51. The molecule has 0 amide bonds. The van der Waals surface area contributed by atoms with Gasteiger partial charge in [-0.2, -0.15) is 0 Å². The monoisotopic (exact) mass is 316 g/mol. The van der Waals surface area contributed by atoms with Crippen LogP contribution < -0.4 is 0 Å². The summed E-state index contributed by atoms with van der Waals surface area (Å²) in [6.07, 6.45) is 3.50. The molecule has 18 heavy (non-hydrogen) atoms. The fourth-order valence-corrected chi connectivity index (χ4v) is 4.19. The second kappa shape index (κ2) is 4.92. The second-order valence-electron chi connectivity index (χ2n) is 6.39. The topological polar surface area (TPSA) is 18.5 Å². The summed E-state index contributed by atoms with van der Waals surface area (Å²) in [5.74, 6) is -0.454. The van der Waals surface area contributed by atoms with Gasteiger partial charge in [-0.15, -0.1) is 0 Å². The molecule has 2 aliphatic rings. The van der Waals surface area contributed by atoms with Gasteiger partial charge in [-0.3, -0.25) is 0 Å². The Morgan fingerprint density at radius 3 is 2.56 bits per heavy atom. The molecule has 104 valence electrons. The predicted octanol–water partition coefficient (Wildman–Crippen LogP) is 4.43. The van der Waals surface area contributed by atoms with Gasteiger partial charge < -0.3 is 9.47 Å². The van der Waals surface area contributed by atoms with Gasteiger partial charge in [0.15, 0.2) is 5.79 Å². The molecule has 1 spiro atoms. The molecule has 2 rings (SSSR count). The molecule has 0 radical (unpaired) electrons. The molecular weight excluding hydrogens is 292 g/mol. The number of rotatable bonds is 2. The summed E-state index contributed by atoms with van der Waals surface area (Å²) in [5, 5.41) is 0. The van der Waals surface area contributed by atoms with Gasteiger partial charge in [-0.1, -0.05) is 54.3 Å². The van der Waals surface area contributed by atoms with Crippen molar-refractivity contribution in [2.45, 2.75) is 70.6 Å². The van der Waals surface area contributed by atoms with Crippen molar-refractivity contribution in [1.82, 2.24) is 0 Å². The molecule has 0 aromatic rings. The van der Waals surface area contributed by atoms with Crippen LogP contribution in [-0.4, -0.2) is 23.3 Å². The highest BCUT2D eigenvalue weighted by molar-refractivity contribution is 9.09. The molecule has 3 heteroatoms. The lowest BCUT2D eigenvalue weighted by molar-refractivity contribution is -0.182.